The zero-order valence-electron chi connectivity index (χ0n) is 14.0. The van der Waals surface area contributed by atoms with Crippen molar-refractivity contribution in [1.82, 2.24) is 0 Å². The van der Waals surface area contributed by atoms with Gasteiger partial charge in [-0.05, 0) is 49.4 Å². The Balaban J connectivity index is 2.03. The van der Waals surface area contributed by atoms with Gasteiger partial charge in [0.05, 0.1) is 25.5 Å². The zero-order valence-corrected chi connectivity index (χ0v) is 14.8. The molecule has 2 rings (SSSR count). The normalized spacial score (nSPS) is 11.4. The molecule has 132 valence electrons. The van der Waals surface area contributed by atoms with E-state index in [4.69, 9.17) is 21.1 Å². The van der Waals surface area contributed by atoms with Gasteiger partial charge < -0.3 is 19.5 Å². The summed E-state index contributed by atoms with van der Waals surface area (Å²) in [5.74, 6) is 0.142. The van der Waals surface area contributed by atoms with Gasteiger partial charge in [-0.15, -0.1) is 0 Å². The lowest BCUT2D eigenvalue weighted by molar-refractivity contribution is -0.122. The van der Waals surface area contributed by atoms with Crippen LogP contribution in [0, 0.1) is 0 Å². The summed E-state index contributed by atoms with van der Waals surface area (Å²) < 4.78 is 15.4. The molecule has 0 fully saturated rings. The van der Waals surface area contributed by atoms with Crippen molar-refractivity contribution in [2.75, 3.05) is 19.5 Å². The highest BCUT2D eigenvalue weighted by molar-refractivity contribution is 6.31. The molecule has 0 aliphatic heterocycles. The van der Waals surface area contributed by atoms with E-state index in [1.54, 1.807) is 49.4 Å². The average Bonchev–Trinajstić information content (AvgIpc) is 2.61. The summed E-state index contributed by atoms with van der Waals surface area (Å²) in [4.78, 5) is 23.7. The molecule has 0 unspecified atom stereocenters. The lowest BCUT2D eigenvalue weighted by Crippen LogP contribution is -2.30. The number of methoxy groups -OCH3 is 2. The Kier molecular flexibility index (Phi) is 6.25. The lowest BCUT2D eigenvalue weighted by atomic mass is 10.2. The molecule has 0 saturated heterocycles. The number of rotatable bonds is 6. The molecule has 6 nitrogen and oxygen atoms in total. The second-order valence-corrected chi connectivity index (χ2v) is 5.55. The van der Waals surface area contributed by atoms with Gasteiger partial charge in [-0.25, -0.2) is 4.79 Å². The first kappa shape index (κ1) is 18.6. The second-order valence-electron chi connectivity index (χ2n) is 5.11. The molecule has 2 aromatic rings. The predicted molar refractivity (Wildman–Crippen MR) is 94.5 cm³/mol. The van der Waals surface area contributed by atoms with Crippen molar-refractivity contribution < 1.29 is 23.8 Å². The van der Waals surface area contributed by atoms with Crippen molar-refractivity contribution in [1.29, 1.82) is 0 Å². The summed E-state index contributed by atoms with van der Waals surface area (Å²) in [6.45, 7) is 1.61. The number of carbonyl (C=O) groups is 2. The van der Waals surface area contributed by atoms with Crippen LogP contribution in [0.5, 0.6) is 11.5 Å². The van der Waals surface area contributed by atoms with Crippen LogP contribution in [-0.4, -0.2) is 32.2 Å². The number of anilines is 1. The first-order valence-electron chi connectivity index (χ1n) is 7.44. The molecular weight excluding hydrogens is 346 g/mol. The van der Waals surface area contributed by atoms with Gasteiger partial charge in [-0.3, -0.25) is 4.79 Å². The number of ether oxygens (including phenoxy) is 3. The van der Waals surface area contributed by atoms with E-state index in [1.165, 1.54) is 14.2 Å². The smallest absolute Gasteiger partial charge is 0.337 e. The highest BCUT2D eigenvalue weighted by Gasteiger charge is 2.17. The Bertz CT molecular complexity index is 761. The van der Waals surface area contributed by atoms with Gasteiger partial charge >= 0.3 is 5.97 Å². The lowest BCUT2D eigenvalue weighted by Gasteiger charge is -2.16. The molecule has 0 spiro atoms. The fourth-order valence-electron chi connectivity index (χ4n) is 2.06. The van der Waals surface area contributed by atoms with Crippen LogP contribution in [0.25, 0.3) is 0 Å². The molecule has 25 heavy (non-hydrogen) atoms. The fourth-order valence-corrected chi connectivity index (χ4v) is 2.23. The highest BCUT2D eigenvalue weighted by Crippen LogP contribution is 2.28. The molecule has 1 atom stereocenters. The molecule has 0 radical (unpaired) electrons. The van der Waals surface area contributed by atoms with Crippen LogP contribution in [0.1, 0.15) is 17.3 Å². The molecular formula is C18H18ClNO5. The maximum Gasteiger partial charge on any atom is 0.337 e. The summed E-state index contributed by atoms with van der Waals surface area (Å²) in [5, 5.41) is 3.19. The molecule has 1 N–H and O–H groups in total. The Morgan fingerprint density at radius 3 is 2.36 bits per heavy atom. The van der Waals surface area contributed by atoms with E-state index in [2.05, 4.69) is 10.1 Å². The highest BCUT2D eigenvalue weighted by atomic mass is 35.5. The molecule has 0 saturated carbocycles. The third-order valence-corrected chi connectivity index (χ3v) is 3.61. The van der Waals surface area contributed by atoms with Gasteiger partial charge in [0.25, 0.3) is 5.91 Å². The number of amides is 1. The number of hydrogen-bond acceptors (Lipinski definition) is 5. The third kappa shape index (κ3) is 4.87. The number of carbonyl (C=O) groups excluding carboxylic acids is 2. The van der Waals surface area contributed by atoms with E-state index in [0.717, 1.165) is 0 Å². The molecule has 0 bridgehead atoms. The summed E-state index contributed by atoms with van der Waals surface area (Å²) in [6, 6.07) is 11.2. The second kappa shape index (κ2) is 8.39. The first-order valence-corrected chi connectivity index (χ1v) is 7.82. The fraction of sp³-hybridized carbons (Fsp3) is 0.222. The number of hydrogen-bond donors (Lipinski definition) is 1. The Morgan fingerprint density at radius 1 is 1.08 bits per heavy atom. The van der Waals surface area contributed by atoms with E-state index in [0.29, 0.717) is 27.8 Å². The number of halogens is 1. The first-order chi connectivity index (χ1) is 11.9. The maximum absolute atomic E-state index is 12.3. The molecule has 0 aliphatic carbocycles. The van der Waals surface area contributed by atoms with Crippen molar-refractivity contribution in [3.05, 3.63) is 53.1 Å². The minimum atomic E-state index is -0.771. The van der Waals surface area contributed by atoms with Crippen LogP contribution in [0.2, 0.25) is 5.02 Å². The molecule has 0 aliphatic rings. The Morgan fingerprint density at radius 2 is 1.76 bits per heavy atom. The summed E-state index contributed by atoms with van der Waals surface area (Å²) in [6.07, 6.45) is -0.771. The van der Waals surface area contributed by atoms with Crippen LogP contribution in [0.15, 0.2) is 42.5 Å². The van der Waals surface area contributed by atoms with Gasteiger partial charge in [-0.2, -0.15) is 0 Å². The summed E-state index contributed by atoms with van der Waals surface area (Å²) >= 11 is 5.94. The van der Waals surface area contributed by atoms with Crippen molar-refractivity contribution in [2.24, 2.45) is 0 Å². The van der Waals surface area contributed by atoms with Gasteiger partial charge in [0.15, 0.2) is 6.10 Å². The van der Waals surface area contributed by atoms with Gasteiger partial charge in [0.1, 0.15) is 11.5 Å². The Hall–Kier alpha value is -2.73. The monoisotopic (exact) mass is 363 g/mol. The van der Waals surface area contributed by atoms with Gasteiger partial charge in [0, 0.05) is 5.02 Å². The van der Waals surface area contributed by atoms with Crippen LogP contribution >= 0.6 is 11.6 Å². The average molecular weight is 364 g/mol. The third-order valence-electron chi connectivity index (χ3n) is 3.38. The van der Waals surface area contributed by atoms with Crippen LogP contribution < -0.4 is 14.8 Å². The number of benzene rings is 2. The minimum Gasteiger partial charge on any atom is -0.495 e. The molecule has 7 heteroatoms. The van der Waals surface area contributed by atoms with E-state index in [-0.39, 0.29) is 5.91 Å². The van der Waals surface area contributed by atoms with Gasteiger partial charge in [-0.1, -0.05) is 11.6 Å². The molecule has 1 amide bonds. The zero-order chi connectivity index (χ0) is 18.4. The van der Waals surface area contributed by atoms with E-state index < -0.39 is 12.1 Å². The van der Waals surface area contributed by atoms with Crippen molar-refractivity contribution in [3.8, 4) is 11.5 Å². The SMILES string of the molecule is COC(=O)c1ccc(O[C@H](C)C(=O)Nc2cc(Cl)ccc2OC)cc1. The summed E-state index contributed by atoms with van der Waals surface area (Å²) in [7, 11) is 2.81. The number of esters is 1. The van der Waals surface area contributed by atoms with Crippen LogP contribution in [0.4, 0.5) is 5.69 Å². The van der Waals surface area contributed by atoms with E-state index in [9.17, 15) is 9.59 Å². The molecule has 2 aromatic carbocycles. The van der Waals surface area contributed by atoms with Crippen molar-refractivity contribution >= 4 is 29.2 Å². The van der Waals surface area contributed by atoms with E-state index in [1.807, 2.05) is 0 Å². The number of nitrogens with one attached hydrogen (secondary N) is 1. The van der Waals surface area contributed by atoms with Crippen LogP contribution in [0.3, 0.4) is 0 Å². The Labute approximate surface area is 150 Å². The maximum atomic E-state index is 12.3. The standard InChI is InChI=1S/C18H18ClNO5/c1-11(25-14-7-4-12(5-8-14)18(22)24-3)17(21)20-15-10-13(19)6-9-16(15)23-2/h4-11H,1-3H3,(H,20,21)/t11-/m1/s1. The predicted octanol–water partition coefficient (Wildman–Crippen LogP) is 3.54. The molecule has 0 aromatic heterocycles. The molecule has 0 heterocycles. The van der Waals surface area contributed by atoms with E-state index >= 15 is 0 Å². The van der Waals surface area contributed by atoms with Crippen molar-refractivity contribution in [2.45, 2.75) is 13.0 Å². The minimum absolute atomic E-state index is 0.363. The van der Waals surface area contributed by atoms with Crippen LogP contribution in [-0.2, 0) is 9.53 Å². The van der Waals surface area contributed by atoms with Gasteiger partial charge in [0.2, 0.25) is 0 Å². The topological polar surface area (TPSA) is 73.9 Å². The summed E-state index contributed by atoms with van der Waals surface area (Å²) in [5.41, 5.74) is 0.854. The van der Waals surface area contributed by atoms with Crippen molar-refractivity contribution in [3.63, 3.8) is 0 Å². The quantitative estimate of drug-likeness (QED) is 0.794. The largest absolute Gasteiger partial charge is 0.495 e.